The van der Waals surface area contributed by atoms with Crippen molar-refractivity contribution < 1.29 is 14.3 Å². The predicted molar refractivity (Wildman–Crippen MR) is 93.7 cm³/mol. The normalized spacial score (nSPS) is 16.6. The van der Waals surface area contributed by atoms with Gasteiger partial charge in [-0.3, -0.25) is 0 Å². The molecule has 1 aliphatic heterocycles. The highest BCUT2D eigenvalue weighted by Crippen LogP contribution is 2.31. The van der Waals surface area contributed by atoms with Crippen LogP contribution in [0.2, 0.25) is 0 Å². The lowest BCUT2D eigenvalue weighted by molar-refractivity contribution is -0.140. The fourth-order valence-corrected chi connectivity index (χ4v) is 2.64. The zero-order valence-electron chi connectivity index (χ0n) is 14.2. The standard InChI is InChI=1S/C18H20N4O3/c1-13-16(17(23)25-11-10-24-2)15(22-18(21-13)19-12-20-22)9-8-14-6-4-3-5-7-14/h3-9,12,15H,10-11H2,1-2H3,(H,19,20,21)/b9-8+/t15-/m0/s1. The van der Waals surface area contributed by atoms with Crippen LogP contribution in [0.4, 0.5) is 5.95 Å². The third kappa shape index (κ3) is 3.77. The second-order valence-electron chi connectivity index (χ2n) is 5.54. The Hall–Kier alpha value is -2.93. The molecule has 1 aromatic carbocycles. The van der Waals surface area contributed by atoms with Gasteiger partial charge in [0.15, 0.2) is 0 Å². The zero-order chi connectivity index (χ0) is 17.6. The second kappa shape index (κ2) is 7.76. The number of carbonyl (C=O) groups is 1. The monoisotopic (exact) mass is 340 g/mol. The van der Waals surface area contributed by atoms with Crippen LogP contribution in [-0.2, 0) is 14.3 Å². The van der Waals surface area contributed by atoms with Crippen LogP contribution in [0.1, 0.15) is 18.5 Å². The van der Waals surface area contributed by atoms with E-state index in [1.165, 1.54) is 6.33 Å². The number of ether oxygens (including phenoxy) is 2. The Bertz CT molecular complexity index is 796. The Labute approximate surface area is 146 Å². The largest absolute Gasteiger partial charge is 0.460 e. The van der Waals surface area contributed by atoms with Crippen LogP contribution in [0.5, 0.6) is 0 Å². The highest BCUT2D eigenvalue weighted by Gasteiger charge is 2.31. The summed E-state index contributed by atoms with van der Waals surface area (Å²) in [7, 11) is 1.56. The van der Waals surface area contributed by atoms with Gasteiger partial charge >= 0.3 is 5.97 Å². The van der Waals surface area contributed by atoms with Crippen molar-refractivity contribution in [2.45, 2.75) is 13.0 Å². The number of carbonyl (C=O) groups excluding carboxylic acids is 1. The van der Waals surface area contributed by atoms with Crippen molar-refractivity contribution >= 4 is 18.0 Å². The van der Waals surface area contributed by atoms with Gasteiger partial charge in [-0.05, 0) is 12.5 Å². The average molecular weight is 340 g/mol. The van der Waals surface area contributed by atoms with Crippen molar-refractivity contribution in [3.8, 4) is 0 Å². The minimum absolute atomic E-state index is 0.200. The maximum absolute atomic E-state index is 12.6. The second-order valence-corrected chi connectivity index (χ2v) is 5.54. The third-order valence-electron chi connectivity index (χ3n) is 3.85. The minimum Gasteiger partial charge on any atom is -0.460 e. The molecule has 25 heavy (non-hydrogen) atoms. The minimum atomic E-state index is -0.397. The lowest BCUT2D eigenvalue weighted by atomic mass is 10.0. The van der Waals surface area contributed by atoms with Gasteiger partial charge in [-0.15, -0.1) is 0 Å². The van der Waals surface area contributed by atoms with E-state index in [2.05, 4.69) is 15.4 Å². The smallest absolute Gasteiger partial charge is 0.338 e. The highest BCUT2D eigenvalue weighted by molar-refractivity contribution is 5.92. The van der Waals surface area contributed by atoms with Crippen LogP contribution < -0.4 is 5.32 Å². The van der Waals surface area contributed by atoms with Gasteiger partial charge < -0.3 is 14.8 Å². The Kier molecular flexibility index (Phi) is 5.25. The summed E-state index contributed by atoms with van der Waals surface area (Å²) >= 11 is 0. The van der Waals surface area contributed by atoms with Gasteiger partial charge in [0.25, 0.3) is 0 Å². The van der Waals surface area contributed by atoms with E-state index in [9.17, 15) is 4.79 Å². The van der Waals surface area contributed by atoms with Crippen molar-refractivity contribution in [1.29, 1.82) is 0 Å². The quantitative estimate of drug-likeness (QED) is 0.643. The van der Waals surface area contributed by atoms with Gasteiger partial charge in [0.1, 0.15) is 19.0 Å². The maximum atomic E-state index is 12.6. The van der Waals surface area contributed by atoms with E-state index in [1.54, 1.807) is 11.8 Å². The lowest BCUT2D eigenvalue weighted by Crippen LogP contribution is -2.28. The molecule has 2 heterocycles. The molecule has 0 fully saturated rings. The molecule has 0 unspecified atom stereocenters. The Morgan fingerprint density at radius 1 is 1.32 bits per heavy atom. The molecule has 0 saturated carbocycles. The van der Waals surface area contributed by atoms with Crippen LogP contribution in [-0.4, -0.2) is 41.1 Å². The molecular formula is C18H20N4O3. The first-order valence-corrected chi connectivity index (χ1v) is 7.97. The summed E-state index contributed by atoms with van der Waals surface area (Å²) in [6, 6.07) is 9.47. The molecule has 3 rings (SSSR count). The number of nitrogens with zero attached hydrogens (tertiary/aromatic N) is 3. The van der Waals surface area contributed by atoms with Crippen molar-refractivity contribution in [3.63, 3.8) is 0 Å². The Balaban J connectivity index is 1.90. The van der Waals surface area contributed by atoms with E-state index < -0.39 is 12.0 Å². The van der Waals surface area contributed by atoms with Crippen molar-refractivity contribution in [2.75, 3.05) is 25.6 Å². The first kappa shape index (κ1) is 16.9. The van der Waals surface area contributed by atoms with E-state index in [-0.39, 0.29) is 6.61 Å². The van der Waals surface area contributed by atoms with Crippen LogP contribution in [0.15, 0.2) is 54.0 Å². The molecule has 7 heteroatoms. The number of rotatable bonds is 6. The Morgan fingerprint density at radius 2 is 2.12 bits per heavy atom. The molecule has 0 bridgehead atoms. The van der Waals surface area contributed by atoms with Crippen molar-refractivity contribution in [1.82, 2.24) is 14.8 Å². The fourth-order valence-electron chi connectivity index (χ4n) is 2.64. The molecular weight excluding hydrogens is 320 g/mol. The molecule has 0 radical (unpaired) electrons. The molecule has 7 nitrogen and oxygen atoms in total. The molecule has 0 amide bonds. The SMILES string of the molecule is COCCOC(=O)C1=C(C)Nc2ncnn2[C@H]1/C=C/c1ccccc1. The molecule has 1 aliphatic rings. The molecule has 0 spiro atoms. The highest BCUT2D eigenvalue weighted by atomic mass is 16.6. The first-order chi connectivity index (χ1) is 12.2. The van der Waals surface area contributed by atoms with Gasteiger partial charge in [-0.2, -0.15) is 10.1 Å². The number of methoxy groups -OCH3 is 1. The summed E-state index contributed by atoms with van der Waals surface area (Å²) in [5.41, 5.74) is 2.24. The molecule has 1 atom stereocenters. The average Bonchev–Trinajstić information content (AvgIpc) is 3.08. The Morgan fingerprint density at radius 3 is 2.88 bits per heavy atom. The summed E-state index contributed by atoms with van der Waals surface area (Å²) in [5, 5.41) is 7.33. The van der Waals surface area contributed by atoms with Crippen LogP contribution in [0, 0.1) is 0 Å². The summed E-state index contributed by atoms with van der Waals surface area (Å²) < 4.78 is 11.9. The van der Waals surface area contributed by atoms with Gasteiger partial charge in [-0.1, -0.05) is 42.5 Å². The third-order valence-corrected chi connectivity index (χ3v) is 3.85. The number of benzene rings is 1. The molecule has 0 saturated heterocycles. The molecule has 2 aromatic rings. The number of esters is 1. The number of fused-ring (bicyclic) bond motifs is 1. The van der Waals surface area contributed by atoms with Gasteiger partial charge in [0.05, 0.1) is 12.2 Å². The van der Waals surface area contributed by atoms with E-state index in [1.807, 2.05) is 49.4 Å². The van der Waals surface area contributed by atoms with Crippen LogP contribution >= 0.6 is 0 Å². The van der Waals surface area contributed by atoms with Crippen molar-refractivity contribution in [3.05, 3.63) is 59.6 Å². The number of hydrogen-bond acceptors (Lipinski definition) is 6. The molecule has 0 aliphatic carbocycles. The van der Waals surface area contributed by atoms with Gasteiger partial charge in [0.2, 0.25) is 5.95 Å². The topological polar surface area (TPSA) is 78.3 Å². The molecule has 1 aromatic heterocycles. The molecule has 130 valence electrons. The first-order valence-electron chi connectivity index (χ1n) is 7.97. The maximum Gasteiger partial charge on any atom is 0.338 e. The van der Waals surface area contributed by atoms with Gasteiger partial charge in [0, 0.05) is 12.8 Å². The van der Waals surface area contributed by atoms with E-state index in [4.69, 9.17) is 9.47 Å². The number of aromatic nitrogens is 3. The van der Waals surface area contributed by atoms with Crippen LogP contribution in [0.3, 0.4) is 0 Å². The van der Waals surface area contributed by atoms with E-state index >= 15 is 0 Å². The number of nitrogens with one attached hydrogen (secondary N) is 1. The summed E-state index contributed by atoms with van der Waals surface area (Å²) in [6.45, 7) is 2.38. The van der Waals surface area contributed by atoms with Gasteiger partial charge in [-0.25, -0.2) is 9.48 Å². The fraction of sp³-hybridized carbons (Fsp3) is 0.278. The van der Waals surface area contributed by atoms with Crippen LogP contribution in [0.25, 0.3) is 6.08 Å². The van der Waals surface area contributed by atoms with E-state index in [0.717, 1.165) is 5.56 Å². The molecule has 1 N–H and O–H groups in total. The van der Waals surface area contributed by atoms with Crippen molar-refractivity contribution in [2.24, 2.45) is 0 Å². The summed E-state index contributed by atoms with van der Waals surface area (Å²) in [4.78, 5) is 16.7. The summed E-state index contributed by atoms with van der Waals surface area (Å²) in [5.74, 6) is 0.194. The number of hydrogen-bond donors (Lipinski definition) is 1. The zero-order valence-corrected chi connectivity index (χ0v) is 14.2. The number of anilines is 1. The predicted octanol–water partition coefficient (Wildman–Crippen LogP) is 2.42. The number of allylic oxidation sites excluding steroid dienone is 2. The van der Waals surface area contributed by atoms with E-state index in [0.29, 0.717) is 23.8 Å². The lowest BCUT2D eigenvalue weighted by Gasteiger charge is -2.25. The summed E-state index contributed by atoms with van der Waals surface area (Å²) in [6.07, 6.45) is 5.33.